The Labute approximate surface area is 371 Å². The van der Waals surface area contributed by atoms with Crippen LogP contribution < -0.4 is 27.1 Å². The minimum atomic E-state index is -0.635. The van der Waals surface area contributed by atoms with Crippen molar-refractivity contribution in [2.75, 3.05) is 85.7 Å². The summed E-state index contributed by atoms with van der Waals surface area (Å²) < 4.78 is 20.8. The van der Waals surface area contributed by atoms with Gasteiger partial charge in [0.25, 0.3) is 0 Å². The molecule has 1 aliphatic rings. The topological polar surface area (TPSA) is 240 Å². The molecule has 17 nitrogen and oxygen atoms in total. The van der Waals surface area contributed by atoms with Crippen LogP contribution >= 0.6 is 0 Å². The number of carbonyl (C=O) groups excluding carboxylic acids is 3. The second-order valence-corrected chi connectivity index (χ2v) is 15.7. The fourth-order valence-electron chi connectivity index (χ4n) is 5.71. The highest BCUT2D eigenvalue weighted by Crippen LogP contribution is 2.48. The monoisotopic (exact) mass is 879 g/mol. The maximum atomic E-state index is 12.9. The Morgan fingerprint density at radius 2 is 1.60 bits per heavy atom. The number of amides is 2. The predicted molar refractivity (Wildman–Crippen MR) is 249 cm³/mol. The molecule has 1 aromatic rings. The molecule has 2 amide bonds. The number of esters is 1. The number of hydrazone groups is 1. The fraction of sp³-hybridized carbons (Fsp3) is 0.733. The van der Waals surface area contributed by atoms with E-state index in [1.54, 1.807) is 31.4 Å². The lowest BCUT2D eigenvalue weighted by atomic mass is 9.99. The van der Waals surface area contributed by atoms with Gasteiger partial charge in [-0.15, -0.1) is 0 Å². The number of unbranched alkanes of at least 4 members (excludes halogenated alkanes) is 1. The van der Waals surface area contributed by atoms with Crippen LogP contribution in [0.15, 0.2) is 39.4 Å². The third kappa shape index (κ3) is 29.3. The van der Waals surface area contributed by atoms with Crippen LogP contribution in [-0.2, 0) is 39.9 Å². The van der Waals surface area contributed by atoms with Gasteiger partial charge in [0.2, 0.25) is 11.8 Å². The summed E-state index contributed by atoms with van der Waals surface area (Å²) in [5.41, 5.74) is 3.14. The van der Waals surface area contributed by atoms with Crippen LogP contribution in [0.5, 0.6) is 0 Å². The first-order chi connectivity index (χ1) is 29.8. The molecule has 0 aromatic heterocycles. The van der Waals surface area contributed by atoms with E-state index in [1.165, 1.54) is 19.8 Å². The molecule has 0 bridgehead atoms. The molecule has 0 saturated heterocycles. The van der Waals surface area contributed by atoms with Gasteiger partial charge in [-0.1, -0.05) is 46.8 Å². The second kappa shape index (κ2) is 36.5. The SMILES string of the molecule is CCCC(=NCC(=NCC(O)CCCCNC(C(=O)NCC(=O)Nc1ccc(COC(C)=O)cc1)C(C)C)/C(CCC1(C)CC1)=N\N)OC.CCCOCCOCCNC.CO. The minimum absolute atomic E-state index is 0.00527. The highest BCUT2D eigenvalue weighted by Gasteiger charge is 2.37. The normalized spacial score (nSPS) is 14.4. The lowest BCUT2D eigenvalue weighted by Gasteiger charge is -2.22. The van der Waals surface area contributed by atoms with E-state index in [4.69, 9.17) is 34.9 Å². The number of aliphatic hydroxyl groups is 2. The molecule has 0 aliphatic heterocycles. The van der Waals surface area contributed by atoms with Crippen molar-refractivity contribution in [3.63, 3.8) is 0 Å². The number of anilines is 1. The fourth-order valence-corrected chi connectivity index (χ4v) is 5.71. The number of nitrogens with two attached hydrogens (primary N) is 1. The van der Waals surface area contributed by atoms with Gasteiger partial charge in [0, 0.05) is 39.3 Å². The molecule has 8 N–H and O–H groups in total. The highest BCUT2D eigenvalue weighted by molar-refractivity contribution is 6.43. The number of methoxy groups -OCH3 is 1. The minimum Gasteiger partial charge on any atom is -0.484 e. The molecular formula is C45H82N8O9. The third-order valence-corrected chi connectivity index (χ3v) is 9.75. The van der Waals surface area contributed by atoms with E-state index in [-0.39, 0.29) is 43.4 Å². The van der Waals surface area contributed by atoms with Crippen molar-refractivity contribution in [2.24, 2.45) is 32.3 Å². The number of benzene rings is 1. The van der Waals surface area contributed by atoms with Gasteiger partial charge in [0.15, 0.2) is 5.90 Å². The average Bonchev–Trinajstić information content (AvgIpc) is 4.00. The van der Waals surface area contributed by atoms with Crippen LogP contribution in [0.25, 0.3) is 0 Å². The molecule has 2 unspecified atom stereocenters. The van der Waals surface area contributed by atoms with Gasteiger partial charge in [-0.25, -0.2) is 4.99 Å². The van der Waals surface area contributed by atoms with Gasteiger partial charge in [-0.3, -0.25) is 19.4 Å². The lowest BCUT2D eigenvalue weighted by molar-refractivity contribution is -0.142. The van der Waals surface area contributed by atoms with Crippen molar-refractivity contribution in [3.05, 3.63) is 29.8 Å². The molecular weight excluding hydrogens is 797 g/mol. The zero-order valence-electron chi connectivity index (χ0n) is 39.4. The van der Waals surface area contributed by atoms with Crippen LogP contribution in [0.1, 0.15) is 111 Å². The number of aliphatic imine (C=N–C) groups is 2. The molecule has 1 saturated carbocycles. The number of rotatable bonds is 31. The molecule has 1 fully saturated rings. The van der Waals surface area contributed by atoms with E-state index < -0.39 is 12.1 Å². The van der Waals surface area contributed by atoms with Crippen LogP contribution in [-0.4, -0.2) is 138 Å². The van der Waals surface area contributed by atoms with Crippen molar-refractivity contribution in [1.82, 2.24) is 16.0 Å². The van der Waals surface area contributed by atoms with Crippen molar-refractivity contribution >= 4 is 40.8 Å². The maximum Gasteiger partial charge on any atom is 0.302 e. The Morgan fingerprint density at radius 3 is 2.16 bits per heavy atom. The molecule has 1 aliphatic carbocycles. The standard InChI is InChI=1S/C36H59N7O6.C8H19NO2.CH4O/c1-7-10-33(48-6)40-22-31(30(43-37)16-17-36(5)18-19-36)39-21-29(45)11-8-9-20-38-34(25(2)3)35(47)41-23-32(46)42-28-14-12-27(13-15-28)24-49-26(4)44;1-3-5-10-7-8-11-6-4-9-2;1-2/h12-15,25,29,34,38,45H,7-11,16-24,37H2,1-6H3,(H,41,47)(H,42,46);9H,3-8H2,1-2H3;2H,1H3/b39-31?,40-33?,43-30-;;. The van der Waals surface area contributed by atoms with E-state index in [9.17, 15) is 19.5 Å². The summed E-state index contributed by atoms with van der Waals surface area (Å²) in [6.45, 7) is 16.7. The molecule has 2 rings (SSSR count). The number of ether oxygens (including phenoxy) is 4. The summed E-state index contributed by atoms with van der Waals surface area (Å²) in [5.74, 6) is 5.49. The number of hydrogen-bond acceptors (Lipinski definition) is 15. The van der Waals surface area contributed by atoms with Gasteiger partial charge in [-0.2, -0.15) is 5.10 Å². The highest BCUT2D eigenvalue weighted by atomic mass is 16.5. The number of nitrogens with zero attached hydrogens (tertiary/aromatic N) is 3. The summed E-state index contributed by atoms with van der Waals surface area (Å²) >= 11 is 0. The maximum absolute atomic E-state index is 12.9. The van der Waals surface area contributed by atoms with Crippen molar-refractivity contribution < 1.29 is 43.5 Å². The van der Waals surface area contributed by atoms with E-state index in [2.05, 4.69) is 52.1 Å². The number of likely N-dealkylation sites (N-methyl/N-ethyl adjacent to an activating group) is 1. The number of hydrogen-bond donors (Lipinski definition) is 7. The Morgan fingerprint density at radius 1 is 0.919 bits per heavy atom. The van der Waals surface area contributed by atoms with Gasteiger partial charge in [-0.05, 0) is 100 Å². The van der Waals surface area contributed by atoms with E-state index in [0.717, 1.165) is 89.7 Å². The number of aliphatic hydroxyl groups excluding tert-OH is 2. The van der Waals surface area contributed by atoms with Gasteiger partial charge < -0.3 is 56.3 Å². The van der Waals surface area contributed by atoms with Crippen LogP contribution in [0.2, 0.25) is 0 Å². The average molecular weight is 879 g/mol. The van der Waals surface area contributed by atoms with Crippen molar-refractivity contribution in [3.8, 4) is 0 Å². The Bertz CT molecular complexity index is 1430. The molecule has 2 atom stereocenters. The zero-order chi connectivity index (χ0) is 46.6. The van der Waals surface area contributed by atoms with Gasteiger partial charge in [0.05, 0.1) is 70.1 Å². The molecule has 62 heavy (non-hydrogen) atoms. The predicted octanol–water partition coefficient (Wildman–Crippen LogP) is 4.39. The van der Waals surface area contributed by atoms with Crippen LogP contribution in [0, 0.1) is 11.3 Å². The van der Waals surface area contributed by atoms with E-state index >= 15 is 0 Å². The smallest absolute Gasteiger partial charge is 0.302 e. The van der Waals surface area contributed by atoms with Crippen molar-refractivity contribution in [2.45, 2.75) is 125 Å². The summed E-state index contributed by atoms with van der Waals surface area (Å²) in [7, 11) is 4.53. The largest absolute Gasteiger partial charge is 0.484 e. The summed E-state index contributed by atoms with van der Waals surface area (Å²) in [4.78, 5) is 45.6. The van der Waals surface area contributed by atoms with Gasteiger partial charge in [0.1, 0.15) is 6.61 Å². The van der Waals surface area contributed by atoms with Crippen LogP contribution in [0.3, 0.4) is 0 Å². The van der Waals surface area contributed by atoms with Crippen molar-refractivity contribution in [1.29, 1.82) is 0 Å². The van der Waals surface area contributed by atoms with Crippen LogP contribution in [0.4, 0.5) is 5.69 Å². The summed E-state index contributed by atoms with van der Waals surface area (Å²) in [5, 5.41) is 33.5. The first kappa shape index (κ1) is 58.0. The Kier molecular flexibility index (Phi) is 34.1. The molecule has 0 radical (unpaired) electrons. The Balaban J connectivity index is 0.00000248. The number of nitrogens with one attached hydrogen (secondary N) is 4. The molecule has 1 aromatic carbocycles. The molecule has 17 heteroatoms. The second-order valence-electron chi connectivity index (χ2n) is 15.7. The summed E-state index contributed by atoms with van der Waals surface area (Å²) in [6, 6.07) is 6.46. The molecule has 0 spiro atoms. The molecule has 356 valence electrons. The first-order valence-corrected chi connectivity index (χ1v) is 22.1. The lowest BCUT2D eigenvalue weighted by Crippen LogP contribution is -2.49. The zero-order valence-corrected chi connectivity index (χ0v) is 39.4. The quantitative estimate of drug-likeness (QED) is 0.0137. The summed E-state index contributed by atoms with van der Waals surface area (Å²) in [6.07, 6.45) is 8.29. The van der Waals surface area contributed by atoms with E-state index in [1.807, 2.05) is 20.9 Å². The molecule has 0 heterocycles. The van der Waals surface area contributed by atoms with E-state index in [0.29, 0.717) is 48.8 Å². The Hall–Kier alpha value is -4.00. The third-order valence-electron chi connectivity index (χ3n) is 9.75. The van der Waals surface area contributed by atoms with Gasteiger partial charge >= 0.3 is 5.97 Å². The first-order valence-electron chi connectivity index (χ1n) is 22.1. The number of carbonyl (C=O) groups is 3.